The predicted octanol–water partition coefficient (Wildman–Crippen LogP) is 1.49. The summed E-state index contributed by atoms with van der Waals surface area (Å²) < 4.78 is 4.94. The number of nitro benzene ring substituents is 2. The minimum absolute atomic E-state index is 0.246. The van der Waals surface area contributed by atoms with Crippen LogP contribution < -0.4 is 4.74 Å². The summed E-state index contributed by atoms with van der Waals surface area (Å²) in [7, 11) is 0. The van der Waals surface area contributed by atoms with Crippen LogP contribution in [-0.4, -0.2) is 28.2 Å². The first kappa shape index (κ1) is 13.8. The number of aryl methyl sites for hydroxylation is 1. The molecule has 0 radical (unpaired) electrons. The quantitative estimate of drug-likeness (QED) is 0.630. The third kappa shape index (κ3) is 2.54. The molecule has 18 heavy (non-hydrogen) atoms. The minimum Gasteiger partial charge on any atom is -0.480 e. The molecular formula is C10H12N2O6. The first-order valence-electron chi connectivity index (χ1n) is 5.06. The smallest absolute Gasteiger partial charge is 0.321 e. The van der Waals surface area contributed by atoms with E-state index < -0.39 is 27.0 Å². The van der Waals surface area contributed by atoms with Crippen molar-refractivity contribution >= 4 is 11.4 Å². The molecule has 0 aromatic heterocycles. The van der Waals surface area contributed by atoms with Crippen molar-refractivity contribution in [3.63, 3.8) is 0 Å². The Hall–Kier alpha value is -2.22. The van der Waals surface area contributed by atoms with Crippen LogP contribution in [0.15, 0.2) is 6.07 Å². The Morgan fingerprint density at radius 1 is 1.28 bits per heavy atom. The normalized spacial score (nSPS) is 10.2. The van der Waals surface area contributed by atoms with E-state index in [4.69, 9.17) is 9.84 Å². The molecule has 8 nitrogen and oxygen atoms in total. The summed E-state index contributed by atoms with van der Waals surface area (Å²) in [6.07, 6.45) is 0. The molecule has 0 heterocycles. The van der Waals surface area contributed by atoms with Gasteiger partial charge in [-0.2, -0.15) is 0 Å². The third-order valence-electron chi connectivity index (χ3n) is 2.46. The molecular weight excluding hydrogens is 244 g/mol. The zero-order chi connectivity index (χ0) is 13.9. The molecule has 0 fully saturated rings. The lowest BCUT2D eigenvalue weighted by Crippen LogP contribution is -2.08. The molecule has 0 bridgehead atoms. The summed E-state index contributed by atoms with van der Waals surface area (Å²) in [6.45, 7) is 2.40. The number of benzene rings is 1. The van der Waals surface area contributed by atoms with Crippen LogP contribution in [0.25, 0.3) is 0 Å². The van der Waals surface area contributed by atoms with E-state index in [1.807, 2.05) is 0 Å². The van der Waals surface area contributed by atoms with Crippen LogP contribution in [0, 0.1) is 34.1 Å². The second kappa shape index (κ2) is 5.41. The summed E-state index contributed by atoms with van der Waals surface area (Å²) in [4.78, 5) is 20.4. The van der Waals surface area contributed by atoms with Crippen LogP contribution in [0.1, 0.15) is 11.1 Å². The van der Waals surface area contributed by atoms with Gasteiger partial charge in [0.25, 0.3) is 5.75 Å². The van der Waals surface area contributed by atoms with Gasteiger partial charge in [-0.25, -0.2) is 0 Å². The molecule has 1 aromatic carbocycles. The van der Waals surface area contributed by atoms with Gasteiger partial charge in [0.15, 0.2) is 0 Å². The molecule has 0 aliphatic carbocycles. The summed E-state index contributed by atoms with van der Waals surface area (Å²) in [5.74, 6) is -0.415. The monoisotopic (exact) mass is 256 g/mol. The zero-order valence-electron chi connectivity index (χ0n) is 9.87. The summed E-state index contributed by atoms with van der Waals surface area (Å²) in [6, 6.07) is 1.22. The van der Waals surface area contributed by atoms with E-state index in [1.54, 1.807) is 6.92 Å². The van der Waals surface area contributed by atoms with Gasteiger partial charge in [0.2, 0.25) is 0 Å². The number of rotatable bonds is 5. The number of hydrogen-bond donors (Lipinski definition) is 1. The second-order valence-electron chi connectivity index (χ2n) is 3.60. The van der Waals surface area contributed by atoms with Crippen molar-refractivity contribution in [3.8, 4) is 5.75 Å². The maximum Gasteiger partial charge on any atom is 0.321 e. The first-order valence-corrected chi connectivity index (χ1v) is 5.06. The average Bonchev–Trinajstić information content (AvgIpc) is 2.29. The number of aliphatic hydroxyl groups is 1. The molecule has 0 spiro atoms. The van der Waals surface area contributed by atoms with E-state index in [0.29, 0.717) is 11.1 Å². The standard InChI is InChI=1S/C10H12N2O6/c1-6-5-8(11(14)15)10(18-4-3-13)9(7(6)2)12(16)17/h5,13H,3-4H2,1-2H3. The molecule has 98 valence electrons. The van der Waals surface area contributed by atoms with Crippen molar-refractivity contribution in [2.24, 2.45) is 0 Å². The summed E-state index contributed by atoms with van der Waals surface area (Å²) in [5.41, 5.74) is -0.170. The van der Waals surface area contributed by atoms with Gasteiger partial charge in [0.05, 0.1) is 16.5 Å². The molecule has 1 rings (SSSR count). The highest BCUT2D eigenvalue weighted by Crippen LogP contribution is 2.40. The highest BCUT2D eigenvalue weighted by atomic mass is 16.6. The van der Waals surface area contributed by atoms with E-state index in [1.165, 1.54) is 13.0 Å². The molecule has 0 atom stereocenters. The lowest BCUT2D eigenvalue weighted by atomic mass is 10.1. The van der Waals surface area contributed by atoms with Gasteiger partial charge >= 0.3 is 11.4 Å². The van der Waals surface area contributed by atoms with Crippen LogP contribution >= 0.6 is 0 Å². The van der Waals surface area contributed by atoms with Gasteiger partial charge < -0.3 is 9.84 Å². The SMILES string of the molecule is Cc1cc([N+](=O)[O-])c(OCCO)c([N+](=O)[O-])c1C. The van der Waals surface area contributed by atoms with Crippen LogP contribution in [0.4, 0.5) is 11.4 Å². The maximum absolute atomic E-state index is 11.0. The third-order valence-corrected chi connectivity index (χ3v) is 2.46. The lowest BCUT2D eigenvalue weighted by Gasteiger charge is -2.09. The summed E-state index contributed by atoms with van der Waals surface area (Å²) >= 11 is 0. The minimum atomic E-state index is -0.744. The Bertz CT molecular complexity index is 500. The molecule has 0 amide bonds. The molecule has 0 unspecified atom stereocenters. The molecule has 0 aliphatic heterocycles. The van der Waals surface area contributed by atoms with Crippen LogP contribution in [-0.2, 0) is 0 Å². The van der Waals surface area contributed by atoms with Crippen molar-refractivity contribution in [2.75, 3.05) is 13.2 Å². The van der Waals surface area contributed by atoms with Crippen LogP contribution in [0.5, 0.6) is 5.75 Å². The van der Waals surface area contributed by atoms with Gasteiger partial charge in [-0.05, 0) is 19.4 Å². The van der Waals surface area contributed by atoms with E-state index in [9.17, 15) is 20.2 Å². The van der Waals surface area contributed by atoms with E-state index in [0.717, 1.165) is 0 Å². The van der Waals surface area contributed by atoms with Crippen LogP contribution in [0.2, 0.25) is 0 Å². The Labute approximate surface area is 102 Å². The lowest BCUT2D eigenvalue weighted by molar-refractivity contribution is -0.396. The van der Waals surface area contributed by atoms with Gasteiger partial charge in [0, 0.05) is 11.6 Å². The van der Waals surface area contributed by atoms with E-state index >= 15 is 0 Å². The van der Waals surface area contributed by atoms with Gasteiger partial charge in [0.1, 0.15) is 6.61 Å². The summed E-state index contributed by atoms with van der Waals surface area (Å²) in [5, 5.41) is 30.5. The first-order chi connectivity index (χ1) is 8.40. The molecule has 0 aliphatic rings. The number of aliphatic hydroxyl groups excluding tert-OH is 1. The van der Waals surface area contributed by atoms with Crippen molar-refractivity contribution in [1.82, 2.24) is 0 Å². The molecule has 8 heteroatoms. The Kier molecular flexibility index (Phi) is 4.16. The topological polar surface area (TPSA) is 116 Å². The largest absolute Gasteiger partial charge is 0.480 e. The Morgan fingerprint density at radius 2 is 1.89 bits per heavy atom. The number of hydrogen-bond acceptors (Lipinski definition) is 6. The Morgan fingerprint density at radius 3 is 2.33 bits per heavy atom. The van der Waals surface area contributed by atoms with Crippen molar-refractivity contribution in [1.29, 1.82) is 0 Å². The fourth-order valence-corrected chi connectivity index (χ4v) is 1.50. The number of nitro groups is 2. The van der Waals surface area contributed by atoms with Crippen molar-refractivity contribution in [3.05, 3.63) is 37.4 Å². The fraction of sp³-hybridized carbons (Fsp3) is 0.400. The predicted molar refractivity (Wildman–Crippen MR) is 61.8 cm³/mol. The maximum atomic E-state index is 11.0. The van der Waals surface area contributed by atoms with Crippen molar-refractivity contribution < 1.29 is 19.7 Å². The Balaban J connectivity index is 3.52. The zero-order valence-corrected chi connectivity index (χ0v) is 9.87. The average molecular weight is 256 g/mol. The van der Waals surface area contributed by atoms with Gasteiger partial charge in [-0.15, -0.1) is 0 Å². The van der Waals surface area contributed by atoms with Crippen LogP contribution in [0.3, 0.4) is 0 Å². The number of nitrogens with zero attached hydrogens (tertiary/aromatic N) is 2. The number of ether oxygens (including phenoxy) is 1. The molecule has 1 N–H and O–H groups in total. The second-order valence-corrected chi connectivity index (χ2v) is 3.60. The van der Waals surface area contributed by atoms with Gasteiger partial charge in [-0.1, -0.05) is 0 Å². The fourth-order valence-electron chi connectivity index (χ4n) is 1.50. The highest BCUT2D eigenvalue weighted by molar-refractivity contribution is 5.66. The molecule has 0 saturated heterocycles. The highest BCUT2D eigenvalue weighted by Gasteiger charge is 2.30. The van der Waals surface area contributed by atoms with Gasteiger partial charge in [-0.3, -0.25) is 20.2 Å². The van der Waals surface area contributed by atoms with Crippen molar-refractivity contribution in [2.45, 2.75) is 13.8 Å². The molecule has 1 aromatic rings. The van der Waals surface area contributed by atoms with E-state index in [2.05, 4.69) is 0 Å². The van der Waals surface area contributed by atoms with E-state index in [-0.39, 0.29) is 13.2 Å². The molecule has 0 saturated carbocycles.